The van der Waals surface area contributed by atoms with E-state index >= 15 is 0 Å². The normalized spacial score (nSPS) is 13.4. The third-order valence-corrected chi connectivity index (χ3v) is 10.9. The van der Waals surface area contributed by atoms with Crippen LogP contribution in [0.4, 0.5) is 0 Å². The van der Waals surface area contributed by atoms with Gasteiger partial charge in [-0.15, -0.1) is 22.7 Å². The molecule has 3 aromatic heterocycles. The first kappa shape index (κ1) is 29.8. The highest BCUT2D eigenvalue weighted by Crippen LogP contribution is 2.50. The van der Waals surface area contributed by atoms with Crippen LogP contribution < -0.4 is 0 Å². The number of rotatable bonds is 15. The summed E-state index contributed by atoms with van der Waals surface area (Å²) in [4.78, 5) is 20.0. The van der Waals surface area contributed by atoms with E-state index in [2.05, 4.69) is 68.3 Å². The number of carbonyl (C=O) groups is 1. The quantitative estimate of drug-likeness (QED) is 0.162. The van der Waals surface area contributed by atoms with Crippen LogP contribution in [0, 0.1) is 0 Å². The Morgan fingerprint density at radius 1 is 0.789 bits per heavy atom. The number of nitrogens with zero attached hydrogens (tertiary/aromatic N) is 2. The topological polar surface area (TPSA) is 54.6 Å². The number of amides is 1. The van der Waals surface area contributed by atoms with Gasteiger partial charge in [0.05, 0.1) is 39.9 Å². The Morgan fingerprint density at radius 3 is 1.89 bits per heavy atom. The van der Waals surface area contributed by atoms with E-state index in [4.69, 9.17) is 0 Å². The van der Waals surface area contributed by atoms with Gasteiger partial charge in [0.1, 0.15) is 0 Å². The van der Waals surface area contributed by atoms with E-state index in [1.54, 1.807) is 11.3 Å². The molecular formula is C30H38Br2N2O2S2. The fraction of sp³-hybridized carbons (Fsp3) is 0.533. The maximum absolute atomic E-state index is 13.6. The molecule has 4 heterocycles. The fourth-order valence-electron chi connectivity index (χ4n) is 5.74. The van der Waals surface area contributed by atoms with E-state index in [0.29, 0.717) is 16.8 Å². The Hall–Kier alpha value is -1.22. The molecule has 0 radical (unpaired) electrons. The van der Waals surface area contributed by atoms with Crippen LogP contribution in [-0.4, -0.2) is 21.3 Å². The lowest BCUT2D eigenvalue weighted by atomic mass is 9.81. The lowest BCUT2D eigenvalue weighted by Gasteiger charge is -2.38. The number of fused-ring (bicyclic) bond motifs is 1. The molecule has 38 heavy (non-hydrogen) atoms. The average molecular weight is 683 g/mol. The van der Waals surface area contributed by atoms with Gasteiger partial charge in [0.15, 0.2) is 0 Å². The second-order valence-corrected chi connectivity index (χ2v) is 15.3. The summed E-state index contributed by atoms with van der Waals surface area (Å²) in [5.41, 5.74) is 2.34. The maximum atomic E-state index is 13.6. The van der Waals surface area contributed by atoms with Gasteiger partial charge in [-0.25, -0.2) is 4.99 Å². The molecule has 1 N–H and O–H groups in total. The van der Waals surface area contributed by atoms with Crippen molar-refractivity contribution in [1.82, 2.24) is 4.57 Å². The molecule has 1 amide bonds. The third kappa shape index (κ3) is 6.08. The fourth-order valence-corrected chi connectivity index (χ4v) is 8.55. The van der Waals surface area contributed by atoms with Gasteiger partial charge in [0.2, 0.25) is 5.88 Å². The monoisotopic (exact) mass is 680 g/mol. The van der Waals surface area contributed by atoms with Crippen molar-refractivity contribution < 1.29 is 9.90 Å². The number of aliphatic imine (C=N–C) groups is 1. The largest absolute Gasteiger partial charge is 0.494 e. The Kier molecular flexibility index (Phi) is 10.5. The molecule has 1 aliphatic rings. The van der Waals surface area contributed by atoms with Gasteiger partial charge < -0.3 is 9.67 Å². The second-order valence-electron chi connectivity index (χ2n) is 10.3. The first-order valence-electron chi connectivity index (χ1n) is 14.0. The van der Waals surface area contributed by atoms with Gasteiger partial charge in [-0.1, -0.05) is 78.6 Å². The summed E-state index contributed by atoms with van der Waals surface area (Å²) in [5, 5.41) is 12.1. The summed E-state index contributed by atoms with van der Waals surface area (Å²) >= 11 is 10.3. The molecule has 0 atom stereocenters. The van der Waals surface area contributed by atoms with E-state index < -0.39 is 0 Å². The van der Waals surface area contributed by atoms with Crippen LogP contribution in [0.15, 0.2) is 36.8 Å². The van der Waals surface area contributed by atoms with Crippen molar-refractivity contribution in [3.63, 3.8) is 0 Å². The number of aromatic hydroxyl groups is 1. The van der Waals surface area contributed by atoms with Crippen molar-refractivity contribution in [2.45, 2.75) is 103 Å². The molecule has 0 saturated carbocycles. The SMILES string of the molecule is CCCCCCCC(CCCC)(CCCC)n1c(O)c2c(c1-c1ccc(Br)s1)C(=O)N=C2c1ccc(Br)s1. The van der Waals surface area contributed by atoms with E-state index in [9.17, 15) is 9.90 Å². The van der Waals surface area contributed by atoms with E-state index in [1.165, 1.54) is 37.0 Å². The molecule has 0 spiro atoms. The molecule has 0 saturated heterocycles. The first-order valence-corrected chi connectivity index (χ1v) is 17.2. The molecule has 0 fully saturated rings. The van der Waals surface area contributed by atoms with Gasteiger partial charge >= 0.3 is 0 Å². The third-order valence-electron chi connectivity index (χ3n) is 7.63. The second kappa shape index (κ2) is 13.4. The number of halogens is 2. The Bertz CT molecular complexity index is 1280. The zero-order valence-corrected chi connectivity index (χ0v) is 27.4. The molecule has 206 valence electrons. The lowest BCUT2D eigenvalue weighted by Crippen LogP contribution is -2.34. The summed E-state index contributed by atoms with van der Waals surface area (Å²) in [6.07, 6.45) is 13.4. The zero-order valence-electron chi connectivity index (χ0n) is 22.6. The van der Waals surface area contributed by atoms with Gasteiger partial charge in [0, 0.05) is 5.54 Å². The van der Waals surface area contributed by atoms with Gasteiger partial charge in [-0.3, -0.25) is 4.79 Å². The number of hydrogen-bond donors (Lipinski definition) is 1. The van der Waals surface area contributed by atoms with Crippen LogP contribution in [0.2, 0.25) is 0 Å². The molecule has 4 rings (SSSR count). The van der Waals surface area contributed by atoms with E-state index in [1.807, 2.05) is 18.2 Å². The first-order chi connectivity index (χ1) is 18.4. The summed E-state index contributed by atoms with van der Waals surface area (Å²) in [6.45, 7) is 6.73. The minimum absolute atomic E-state index is 0.203. The number of thiophene rings is 2. The maximum Gasteiger partial charge on any atom is 0.280 e. The van der Waals surface area contributed by atoms with Crippen LogP contribution in [0.1, 0.15) is 119 Å². The number of carbonyl (C=O) groups excluding carboxylic acids is 1. The highest BCUT2D eigenvalue weighted by Gasteiger charge is 2.43. The summed E-state index contributed by atoms with van der Waals surface area (Å²) in [5.74, 6) is -0.0506. The molecule has 0 aromatic carbocycles. The summed E-state index contributed by atoms with van der Waals surface area (Å²) < 4.78 is 4.18. The molecule has 1 aliphatic heterocycles. The van der Waals surface area contributed by atoms with Crippen LogP contribution in [0.5, 0.6) is 5.88 Å². The van der Waals surface area contributed by atoms with Crippen molar-refractivity contribution in [3.05, 3.63) is 47.8 Å². The average Bonchev–Trinajstić information content (AvgIpc) is 3.66. The predicted octanol–water partition coefficient (Wildman–Crippen LogP) is 10.9. The van der Waals surface area contributed by atoms with Crippen molar-refractivity contribution >= 4 is 66.2 Å². The van der Waals surface area contributed by atoms with Crippen LogP contribution >= 0.6 is 54.5 Å². The molecule has 0 aliphatic carbocycles. The summed E-state index contributed by atoms with van der Waals surface area (Å²) in [7, 11) is 0. The highest BCUT2D eigenvalue weighted by atomic mass is 79.9. The van der Waals surface area contributed by atoms with Crippen molar-refractivity contribution in [1.29, 1.82) is 0 Å². The molecule has 8 heteroatoms. The lowest BCUT2D eigenvalue weighted by molar-refractivity contribution is 0.101. The molecular weight excluding hydrogens is 644 g/mol. The Balaban J connectivity index is 1.93. The van der Waals surface area contributed by atoms with Crippen LogP contribution in [-0.2, 0) is 5.54 Å². The van der Waals surface area contributed by atoms with Crippen molar-refractivity contribution in [3.8, 4) is 16.5 Å². The van der Waals surface area contributed by atoms with Gasteiger partial charge in [-0.2, -0.15) is 0 Å². The number of hydrogen-bond acceptors (Lipinski definition) is 4. The molecule has 3 aromatic rings. The van der Waals surface area contributed by atoms with Gasteiger partial charge in [0.25, 0.3) is 5.91 Å². The van der Waals surface area contributed by atoms with E-state index in [-0.39, 0.29) is 17.3 Å². The molecule has 0 unspecified atom stereocenters. The highest BCUT2D eigenvalue weighted by molar-refractivity contribution is 9.11. The summed E-state index contributed by atoms with van der Waals surface area (Å²) in [6, 6.07) is 8.05. The van der Waals surface area contributed by atoms with E-state index in [0.717, 1.165) is 74.4 Å². The minimum Gasteiger partial charge on any atom is -0.494 e. The number of aromatic nitrogens is 1. The van der Waals surface area contributed by atoms with Crippen LogP contribution in [0.25, 0.3) is 10.6 Å². The van der Waals surface area contributed by atoms with Crippen molar-refractivity contribution in [2.75, 3.05) is 0 Å². The Labute approximate surface area is 251 Å². The molecule has 0 bridgehead atoms. The smallest absolute Gasteiger partial charge is 0.280 e. The zero-order chi connectivity index (χ0) is 27.3. The van der Waals surface area contributed by atoms with Crippen molar-refractivity contribution in [2.24, 2.45) is 4.99 Å². The predicted molar refractivity (Wildman–Crippen MR) is 169 cm³/mol. The van der Waals surface area contributed by atoms with Gasteiger partial charge in [-0.05, 0) is 75.4 Å². The molecule has 4 nitrogen and oxygen atoms in total. The number of unbranched alkanes of at least 4 members (excludes halogenated alkanes) is 6. The minimum atomic E-state index is -0.254. The Morgan fingerprint density at radius 2 is 1.34 bits per heavy atom. The standard InChI is InChI=1S/C30H38Br2N2O2S2/c1-4-7-10-11-12-19-30(17-8-5-2,18-9-6-3)34-27(21-14-16-23(32)38-21)25-24(29(34)36)26(33-28(25)35)20-13-15-22(31)37-20/h13-16,36H,4-12,17-19H2,1-3H3. The van der Waals surface area contributed by atoms with Crippen LogP contribution in [0.3, 0.4) is 0 Å².